The average molecular weight is 698 g/mol. The van der Waals surface area contributed by atoms with Crippen molar-refractivity contribution in [1.29, 1.82) is 5.41 Å². The third kappa shape index (κ3) is 12.9. The maximum atomic E-state index is 13.8. The van der Waals surface area contributed by atoms with Crippen molar-refractivity contribution in [1.82, 2.24) is 37.2 Å². The Labute approximate surface area is 286 Å². The molecule has 2 aromatic rings. The lowest BCUT2D eigenvalue weighted by Gasteiger charge is -2.26. The summed E-state index contributed by atoms with van der Waals surface area (Å²) in [4.78, 5) is 90.9. The summed E-state index contributed by atoms with van der Waals surface area (Å²) in [7, 11) is 0. The maximum absolute atomic E-state index is 13.8. The molecule has 3 rings (SSSR count). The topological polar surface area (TPSA) is 274 Å². The number of guanidine groups is 1. The first-order valence-corrected chi connectivity index (χ1v) is 15.7. The highest BCUT2D eigenvalue weighted by Crippen LogP contribution is 2.08. The van der Waals surface area contributed by atoms with E-state index in [0.717, 1.165) is 12.1 Å². The Kier molecular flexibility index (Phi) is 14.6. The smallest absolute Gasteiger partial charge is 0.305 e. The molecule has 0 spiro atoms. The zero-order valence-electron chi connectivity index (χ0n) is 26.9. The summed E-state index contributed by atoms with van der Waals surface area (Å²) in [5.41, 5.74) is 6.06. The minimum Gasteiger partial charge on any atom is -0.481 e. The Balaban J connectivity index is 1.93. The van der Waals surface area contributed by atoms with Crippen molar-refractivity contribution in [2.24, 2.45) is 5.73 Å². The van der Waals surface area contributed by atoms with E-state index < -0.39 is 84.4 Å². The number of carboxylic acid groups (broad SMARTS) is 1. The third-order valence-electron chi connectivity index (χ3n) is 7.45. The zero-order valence-corrected chi connectivity index (χ0v) is 26.9. The first kappa shape index (κ1) is 38.4. The molecular formula is C32H40FN9O8. The van der Waals surface area contributed by atoms with Gasteiger partial charge in [0.15, 0.2) is 5.96 Å². The van der Waals surface area contributed by atoms with Crippen LogP contribution in [0.4, 0.5) is 4.39 Å². The molecule has 17 nitrogen and oxygen atoms in total. The first-order chi connectivity index (χ1) is 23.8. The second-order valence-corrected chi connectivity index (χ2v) is 11.3. The fourth-order valence-electron chi connectivity index (χ4n) is 4.90. The molecule has 1 unspecified atom stereocenters. The molecule has 4 atom stereocenters. The molecule has 0 aliphatic carbocycles. The Morgan fingerprint density at radius 2 is 1.38 bits per heavy atom. The summed E-state index contributed by atoms with van der Waals surface area (Å²) >= 11 is 0. The maximum Gasteiger partial charge on any atom is 0.305 e. The van der Waals surface area contributed by atoms with Gasteiger partial charge in [-0.05, 0) is 49.1 Å². The number of carboxylic acids is 1. The summed E-state index contributed by atoms with van der Waals surface area (Å²) in [6.07, 6.45) is -0.896. The largest absolute Gasteiger partial charge is 0.481 e. The van der Waals surface area contributed by atoms with Crippen molar-refractivity contribution in [2.45, 2.75) is 56.3 Å². The number of amides is 6. The molecule has 2 aromatic carbocycles. The van der Waals surface area contributed by atoms with Gasteiger partial charge in [0.2, 0.25) is 29.5 Å². The van der Waals surface area contributed by atoms with E-state index in [-0.39, 0.29) is 50.3 Å². The Morgan fingerprint density at radius 1 is 0.780 bits per heavy atom. The highest BCUT2D eigenvalue weighted by atomic mass is 19.1. The van der Waals surface area contributed by atoms with Gasteiger partial charge in [0.1, 0.15) is 30.0 Å². The number of nitrogens with two attached hydrogens (primary N) is 1. The van der Waals surface area contributed by atoms with Gasteiger partial charge in [-0.2, -0.15) is 0 Å². The molecule has 1 saturated heterocycles. The van der Waals surface area contributed by atoms with Gasteiger partial charge in [-0.15, -0.1) is 0 Å². The van der Waals surface area contributed by atoms with Crippen LogP contribution < -0.4 is 43.0 Å². The monoisotopic (exact) mass is 697 g/mol. The van der Waals surface area contributed by atoms with Crippen molar-refractivity contribution in [2.75, 3.05) is 19.6 Å². The van der Waals surface area contributed by atoms with E-state index in [1.807, 2.05) is 0 Å². The highest BCUT2D eigenvalue weighted by molar-refractivity contribution is 5.98. The Bertz CT molecular complexity index is 1560. The van der Waals surface area contributed by atoms with Crippen molar-refractivity contribution in [3.8, 4) is 0 Å². The molecule has 0 saturated carbocycles. The Hall–Kier alpha value is -6.07. The third-order valence-corrected chi connectivity index (χ3v) is 7.45. The number of benzene rings is 2. The summed E-state index contributed by atoms with van der Waals surface area (Å²) in [6.45, 7) is -0.677. The fourth-order valence-corrected chi connectivity index (χ4v) is 4.90. The van der Waals surface area contributed by atoms with Crippen LogP contribution in [0, 0.1) is 11.2 Å². The molecule has 1 aliphatic rings. The van der Waals surface area contributed by atoms with Crippen LogP contribution in [0.3, 0.4) is 0 Å². The van der Waals surface area contributed by atoms with Gasteiger partial charge >= 0.3 is 5.97 Å². The molecule has 1 aliphatic heterocycles. The number of carbonyl (C=O) groups is 7. The van der Waals surface area contributed by atoms with E-state index in [0.29, 0.717) is 5.56 Å². The first-order valence-electron chi connectivity index (χ1n) is 15.7. The van der Waals surface area contributed by atoms with E-state index in [2.05, 4.69) is 37.2 Å². The second kappa shape index (κ2) is 19.1. The van der Waals surface area contributed by atoms with Crippen molar-refractivity contribution >= 4 is 47.4 Å². The average Bonchev–Trinajstić information content (AvgIpc) is 3.07. The molecule has 50 heavy (non-hydrogen) atoms. The van der Waals surface area contributed by atoms with E-state index >= 15 is 0 Å². The predicted molar refractivity (Wildman–Crippen MR) is 176 cm³/mol. The molecular weight excluding hydrogens is 657 g/mol. The number of rotatable bonds is 12. The minimum atomic E-state index is -1.63. The number of halogens is 1. The van der Waals surface area contributed by atoms with Crippen LogP contribution in [0.15, 0.2) is 54.6 Å². The standard InChI is InChI=1S/C32H40FN9O8/c33-20-10-8-19(9-11-20)27(46)36-14-12-22-29(48)40-21(7-4-13-37-32(34)35)28(47)38-17-25(43)39-24(16-26(44)45)31(50)42-23(30(49)41-22)15-18-5-2-1-3-6-18/h1-3,5-6,8-11,21-24H,4,7,12-17H2,(H,36,46)(H,38,47)(H,39,43)(H,40,48)(H,41,49)(H,42,50)(H,44,45)(H4,34,35,37)/t21-,22-,23-,24?/m0/s1. The molecule has 268 valence electrons. The second-order valence-electron chi connectivity index (χ2n) is 11.3. The molecule has 6 amide bonds. The fraction of sp³-hybridized carbons (Fsp3) is 0.375. The lowest BCUT2D eigenvalue weighted by Crippen LogP contribution is -2.58. The quantitative estimate of drug-likeness (QED) is 0.0662. The van der Waals surface area contributed by atoms with Gasteiger partial charge in [-0.1, -0.05) is 30.3 Å². The van der Waals surface area contributed by atoms with Gasteiger partial charge < -0.3 is 48.1 Å². The van der Waals surface area contributed by atoms with E-state index in [4.69, 9.17) is 11.1 Å². The lowest BCUT2D eigenvalue weighted by atomic mass is 10.0. The molecule has 0 aromatic heterocycles. The number of aliphatic carboxylic acids is 1. The van der Waals surface area contributed by atoms with Gasteiger partial charge in [0.25, 0.3) is 5.91 Å². The number of hydrogen-bond acceptors (Lipinski definition) is 8. The summed E-state index contributed by atoms with van der Waals surface area (Å²) in [6, 6.07) is 7.62. The highest BCUT2D eigenvalue weighted by Gasteiger charge is 2.33. The number of nitrogens with one attached hydrogen (secondary N) is 8. The molecule has 1 fully saturated rings. The van der Waals surface area contributed by atoms with E-state index in [9.17, 15) is 43.1 Å². The molecule has 11 N–H and O–H groups in total. The molecule has 1 heterocycles. The SMILES string of the molecule is N=C(N)NCCC[C@@H]1NC(=O)[C@H](CCNC(=O)c2ccc(F)cc2)NC(=O)[C@H](Cc2ccccc2)NC(=O)C(CC(=O)O)NC(=O)CNC1=O. The summed E-state index contributed by atoms with van der Waals surface area (Å²) < 4.78 is 13.3. The van der Waals surface area contributed by atoms with Crippen LogP contribution in [0.25, 0.3) is 0 Å². The van der Waals surface area contributed by atoms with Gasteiger partial charge in [-0.3, -0.25) is 39.0 Å². The van der Waals surface area contributed by atoms with Crippen molar-refractivity contribution in [3.05, 3.63) is 71.5 Å². The summed E-state index contributed by atoms with van der Waals surface area (Å²) in [5.74, 6) is -7.25. The molecule has 0 bridgehead atoms. The Morgan fingerprint density at radius 3 is 2.02 bits per heavy atom. The van der Waals surface area contributed by atoms with E-state index in [1.165, 1.54) is 12.1 Å². The molecule has 18 heteroatoms. The number of hydrogen-bond donors (Lipinski definition) is 10. The van der Waals surface area contributed by atoms with Crippen molar-refractivity contribution in [3.63, 3.8) is 0 Å². The van der Waals surface area contributed by atoms with E-state index in [1.54, 1.807) is 30.3 Å². The van der Waals surface area contributed by atoms with Crippen LogP contribution >= 0.6 is 0 Å². The van der Waals surface area contributed by atoms with Crippen LogP contribution in [-0.4, -0.2) is 96.3 Å². The molecule has 0 radical (unpaired) electrons. The van der Waals surface area contributed by atoms with Crippen LogP contribution in [-0.2, 0) is 35.2 Å². The van der Waals surface area contributed by atoms with Crippen LogP contribution in [0.2, 0.25) is 0 Å². The van der Waals surface area contributed by atoms with Gasteiger partial charge in [0.05, 0.1) is 13.0 Å². The lowest BCUT2D eigenvalue weighted by molar-refractivity contribution is -0.141. The van der Waals surface area contributed by atoms with Gasteiger partial charge in [-0.25, -0.2) is 4.39 Å². The normalized spacial score (nSPS) is 20.4. The predicted octanol–water partition coefficient (Wildman–Crippen LogP) is -2.00. The van der Waals surface area contributed by atoms with Crippen LogP contribution in [0.1, 0.15) is 41.6 Å². The van der Waals surface area contributed by atoms with Crippen molar-refractivity contribution < 1.29 is 43.1 Å². The van der Waals surface area contributed by atoms with Crippen LogP contribution in [0.5, 0.6) is 0 Å². The van der Waals surface area contributed by atoms with Gasteiger partial charge in [0, 0.05) is 25.1 Å². The summed E-state index contributed by atoms with van der Waals surface area (Å²) in [5, 5.41) is 34.1. The zero-order chi connectivity index (χ0) is 36.6. The number of carbonyl (C=O) groups excluding carboxylic acids is 6. The minimum absolute atomic E-state index is 0.000244.